The van der Waals surface area contributed by atoms with E-state index in [9.17, 15) is 4.79 Å². The minimum Gasteiger partial charge on any atom is -0.497 e. The first-order valence-corrected chi connectivity index (χ1v) is 7.09. The van der Waals surface area contributed by atoms with Crippen LogP contribution in [0.5, 0.6) is 11.5 Å². The van der Waals surface area contributed by atoms with Crippen LogP contribution in [0.1, 0.15) is 24.8 Å². The summed E-state index contributed by atoms with van der Waals surface area (Å²) >= 11 is 0. The van der Waals surface area contributed by atoms with Crippen molar-refractivity contribution >= 4 is 12.0 Å². The van der Waals surface area contributed by atoms with Gasteiger partial charge < -0.3 is 20.5 Å². The Hall–Kier alpha value is -2.01. The molecule has 0 fully saturated rings. The molecule has 21 heavy (non-hydrogen) atoms. The molecule has 0 atom stereocenters. The smallest absolute Gasteiger partial charge is 0.244 e. The van der Waals surface area contributed by atoms with Gasteiger partial charge in [-0.2, -0.15) is 0 Å². The van der Waals surface area contributed by atoms with Gasteiger partial charge in [0.15, 0.2) is 0 Å². The molecule has 0 bridgehead atoms. The van der Waals surface area contributed by atoms with Crippen LogP contribution in [-0.2, 0) is 4.79 Å². The van der Waals surface area contributed by atoms with E-state index in [1.165, 1.54) is 6.08 Å². The van der Waals surface area contributed by atoms with Crippen LogP contribution in [0.4, 0.5) is 0 Å². The highest BCUT2D eigenvalue weighted by molar-refractivity contribution is 5.92. The van der Waals surface area contributed by atoms with Crippen molar-refractivity contribution in [2.75, 3.05) is 27.3 Å². The minimum atomic E-state index is -0.118. The van der Waals surface area contributed by atoms with Crippen LogP contribution in [-0.4, -0.2) is 33.2 Å². The molecule has 0 spiro atoms. The van der Waals surface area contributed by atoms with Gasteiger partial charge >= 0.3 is 0 Å². The summed E-state index contributed by atoms with van der Waals surface area (Å²) in [6.07, 6.45) is 6.19. The summed E-state index contributed by atoms with van der Waals surface area (Å²) in [5.41, 5.74) is 6.21. The fourth-order valence-corrected chi connectivity index (χ4v) is 1.85. The average molecular weight is 292 g/mol. The number of carbonyl (C=O) groups excluding carboxylic acids is 1. The molecule has 116 valence electrons. The monoisotopic (exact) mass is 292 g/mol. The standard InChI is InChI=1S/C16H24N2O3/c1-20-14-7-8-15(21-2)13(12-14)6-9-16(19)18-11-5-3-4-10-17/h6-9,12H,3-5,10-11,17H2,1-2H3,(H,18,19)/b9-6+. The summed E-state index contributed by atoms with van der Waals surface area (Å²) in [7, 11) is 3.19. The summed E-state index contributed by atoms with van der Waals surface area (Å²) in [6, 6.07) is 5.45. The summed E-state index contributed by atoms with van der Waals surface area (Å²) in [5, 5.41) is 2.84. The molecular formula is C16H24N2O3. The molecule has 5 heteroatoms. The fraction of sp³-hybridized carbons (Fsp3) is 0.438. The Morgan fingerprint density at radius 3 is 2.71 bits per heavy atom. The Bertz CT molecular complexity index is 473. The van der Waals surface area contributed by atoms with Crippen molar-refractivity contribution in [1.82, 2.24) is 5.32 Å². The van der Waals surface area contributed by atoms with Gasteiger partial charge in [0, 0.05) is 18.2 Å². The number of rotatable bonds is 9. The van der Waals surface area contributed by atoms with Gasteiger partial charge in [0.2, 0.25) is 5.91 Å². The number of hydrogen-bond donors (Lipinski definition) is 2. The van der Waals surface area contributed by atoms with Crippen molar-refractivity contribution in [3.05, 3.63) is 29.8 Å². The van der Waals surface area contributed by atoms with E-state index in [1.54, 1.807) is 20.3 Å². The lowest BCUT2D eigenvalue weighted by atomic mass is 10.1. The summed E-state index contributed by atoms with van der Waals surface area (Å²) < 4.78 is 10.4. The Morgan fingerprint density at radius 2 is 2.05 bits per heavy atom. The van der Waals surface area contributed by atoms with E-state index in [2.05, 4.69) is 5.32 Å². The highest BCUT2D eigenvalue weighted by Crippen LogP contribution is 2.24. The van der Waals surface area contributed by atoms with Crippen molar-refractivity contribution in [2.24, 2.45) is 5.73 Å². The van der Waals surface area contributed by atoms with E-state index in [4.69, 9.17) is 15.2 Å². The van der Waals surface area contributed by atoms with Crippen LogP contribution in [0.2, 0.25) is 0 Å². The molecule has 0 saturated carbocycles. The van der Waals surface area contributed by atoms with Gasteiger partial charge in [-0.1, -0.05) is 6.42 Å². The molecule has 1 rings (SSSR count). The number of unbranched alkanes of at least 4 members (excludes halogenated alkanes) is 2. The lowest BCUT2D eigenvalue weighted by Gasteiger charge is -2.07. The second-order valence-electron chi connectivity index (χ2n) is 4.58. The normalized spacial score (nSPS) is 10.6. The van der Waals surface area contributed by atoms with E-state index in [-0.39, 0.29) is 5.91 Å². The number of hydrogen-bond acceptors (Lipinski definition) is 4. The van der Waals surface area contributed by atoms with Gasteiger partial charge in [0.05, 0.1) is 14.2 Å². The van der Waals surface area contributed by atoms with Crippen molar-refractivity contribution in [3.63, 3.8) is 0 Å². The number of methoxy groups -OCH3 is 2. The van der Waals surface area contributed by atoms with Gasteiger partial charge in [-0.15, -0.1) is 0 Å². The molecule has 0 unspecified atom stereocenters. The Labute approximate surface area is 126 Å². The largest absolute Gasteiger partial charge is 0.497 e. The number of nitrogens with two attached hydrogens (primary N) is 1. The van der Waals surface area contributed by atoms with Gasteiger partial charge in [0.1, 0.15) is 11.5 Å². The second kappa shape index (κ2) is 9.83. The zero-order chi connectivity index (χ0) is 15.5. The molecule has 1 aromatic rings. The van der Waals surface area contributed by atoms with Crippen molar-refractivity contribution < 1.29 is 14.3 Å². The summed E-state index contributed by atoms with van der Waals surface area (Å²) in [6.45, 7) is 1.36. The molecular weight excluding hydrogens is 268 g/mol. The molecule has 1 amide bonds. The van der Waals surface area contributed by atoms with Crippen molar-refractivity contribution in [3.8, 4) is 11.5 Å². The first kappa shape index (κ1) is 17.0. The predicted octanol–water partition coefficient (Wildman–Crippen LogP) is 1.96. The van der Waals surface area contributed by atoms with E-state index in [0.29, 0.717) is 18.8 Å². The van der Waals surface area contributed by atoms with Crippen molar-refractivity contribution in [1.29, 1.82) is 0 Å². The number of amides is 1. The molecule has 0 aliphatic rings. The molecule has 0 aromatic heterocycles. The first-order valence-electron chi connectivity index (χ1n) is 7.09. The Morgan fingerprint density at radius 1 is 1.24 bits per heavy atom. The van der Waals surface area contributed by atoms with Crippen LogP contribution < -0.4 is 20.5 Å². The Kier molecular flexibility index (Phi) is 7.97. The number of carbonyl (C=O) groups is 1. The molecule has 0 radical (unpaired) electrons. The third-order valence-corrected chi connectivity index (χ3v) is 3.03. The molecule has 1 aromatic carbocycles. The van der Waals surface area contributed by atoms with Gasteiger partial charge in [0.25, 0.3) is 0 Å². The van der Waals surface area contributed by atoms with E-state index < -0.39 is 0 Å². The quantitative estimate of drug-likeness (QED) is 0.539. The Balaban J connectivity index is 2.53. The summed E-state index contributed by atoms with van der Waals surface area (Å²) in [5.74, 6) is 1.30. The molecule has 0 saturated heterocycles. The predicted molar refractivity (Wildman–Crippen MR) is 84.5 cm³/mol. The third kappa shape index (κ3) is 6.31. The second-order valence-corrected chi connectivity index (χ2v) is 4.58. The first-order chi connectivity index (χ1) is 10.2. The number of ether oxygens (including phenoxy) is 2. The lowest BCUT2D eigenvalue weighted by Crippen LogP contribution is -2.22. The zero-order valence-electron chi connectivity index (χ0n) is 12.7. The number of benzene rings is 1. The zero-order valence-corrected chi connectivity index (χ0v) is 12.7. The maximum absolute atomic E-state index is 11.7. The van der Waals surface area contributed by atoms with Crippen LogP contribution in [0, 0.1) is 0 Å². The van der Waals surface area contributed by atoms with E-state index in [0.717, 1.165) is 30.6 Å². The van der Waals surface area contributed by atoms with Gasteiger partial charge in [-0.25, -0.2) is 0 Å². The maximum atomic E-state index is 11.7. The topological polar surface area (TPSA) is 73.6 Å². The fourth-order valence-electron chi connectivity index (χ4n) is 1.85. The van der Waals surface area contributed by atoms with E-state index >= 15 is 0 Å². The maximum Gasteiger partial charge on any atom is 0.244 e. The van der Waals surface area contributed by atoms with Crippen LogP contribution in [0.25, 0.3) is 6.08 Å². The van der Waals surface area contributed by atoms with E-state index in [1.807, 2.05) is 18.2 Å². The highest BCUT2D eigenvalue weighted by Gasteiger charge is 2.02. The lowest BCUT2D eigenvalue weighted by molar-refractivity contribution is -0.116. The molecule has 0 heterocycles. The van der Waals surface area contributed by atoms with Crippen LogP contribution >= 0.6 is 0 Å². The SMILES string of the molecule is COc1ccc(OC)c(/C=C/C(=O)NCCCCCN)c1. The van der Waals surface area contributed by atoms with Crippen molar-refractivity contribution in [2.45, 2.75) is 19.3 Å². The molecule has 0 aliphatic carbocycles. The molecule has 0 aliphatic heterocycles. The molecule has 3 N–H and O–H groups in total. The van der Waals surface area contributed by atoms with Crippen LogP contribution in [0.15, 0.2) is 24.3 Å². The minimum absolute atomic E-state index is 0.118. The molecule has 5 nitrogen and oxygen atoms in total. The third-order valence-electron chi connectivity index (χ3n) is 3.03. The van der Waals surface area contributed by atoms with Gasteiger partial charge in [-0.05, 0) is 43.7 Å². The number of nitrogens with one attached hydrogen (secondary N) is 1. The van der Waals surface area contributed by atoms with Gasteiger partial charge in [-0.3, -0.25) is 4.79 Å². The average Bonchev–Trinajstić information content (AvgIpc) is 2.52. The summed E-state index contributed by atoms with van der Waals surface area (Å²) in [4.78, 5) is 11.7. The highest BCUT2D eigenvalue weighted by atomic mass is 16.5. The van der Waals surface area contributed by atoms with Crippen LogP contribution in [0.3, 0.4) is 0 Å².